The molecule has 6 fully saturated rings. The Labute approximate surface area is 239 Å². The second kappa shape index (κ2) is 8.22. The predicted octanol–water partition coefficient (Wildman–Crippen LogP) is 4.16. The van der Waals surface area contributed by atoms with Gasteiger partial charge in [-0.15, -0.1) is 0 Å². The zero-order valence-electron chi connectivity index (χ0n) is 25.1. The summed E-state index contributed by atoms with van der Waals surface area (Å²) in [7, 11) is 0. The standard InChI is InChI=1S/C34H52O6/c1-28-9-5-20-6-12-32-16-25(39)33(19-36,14-13-28)34(20,18-28)23(32)15-21(37)27-29(2)10-8-24(38)31(4,26(40)17-35)22(29)7-11-30(27,32)3/h15,20,22,24-27,35-36,38-40H,5-14,16-19H2,1-4H3. The van der Waals surface area contributed by atoms with Gasteiger partial charge in [0.2, 0.25) is 0 Å². The largest absolute Gasteiger partial charge is 0.396 e. The van der Waals surface area contributed by atoms with E-state index in [-0.39, 0.29) is 45.9 Å². The highest BCUT2D eigenvalue weighted by molar-refractivity contribution is 5.96. The van der Waals surface area contributed by atoms with Crippen LogP contribution in [0.2, 0.25) is 0 Å². The van der Waals surface area contributed by atoms with Gasteiger partial charge >= 0.3 is 0 Å². The molecule has 0 aromatic rings. The summed E-state index contributed by atoms with van der Waals surface area (Å²) in [4.78, 5) is 14.8. The average Bonchev–Trinajstić information content (AvgIpc) is 2.90. The molecule has 13 unspecified atom stereocenters. The van der Waals surface area contributed by atoms with E-state index in [9.17, 15) is 30.3 Å². The Morgan fingerprint density at radius 2 is 1.62 bits per heavy atom. The van der Waals surface area contributed by atoms with Crippen molar-refractivity contribution >= 4 is 5.78 Å². The molecule has 3 bridgehead atoms. The third-order valence-corrected chi connectivity index (χ3v) is 16.0. The average molecular weight is 557 g/mol. The van der Waals surface area contributed by atoms with E-state index in [0.717, 1.165) is 51.4 Å². The Morgan fingerprint density at radius 1 is 0.900 bits per heavy atom. The Hall–Kier alpha value is -0.790. The summed E-state index contributed by atoms with van der Waals surface area (Å²) in [5, 5.41) is 55.7. The Morgan fingerprint density at radius 3 is 2.33 bits per heavy atom. The molecule has 0 radical (unpaired) electrons. The first-order valence-corrected chi connectivity index (χ1v) is 16.3. The van der Waals surface area contributed by atoms with Crippen LogP contribution in [0.3, 0.4) is 0 Å². The van der Waals surface area contributed by atoms with Crippen molar-refractivity contribution in [3.05, 3.63) is 11.6 Å². The highest BCUT2D eigenvalue weighted by Gasteiger charge is 2.79. The molecule has 13 atom stereocenters. The van der Waals surface area contributed by atoms with Gasteiger partial charge in [0.15, 0.2) is 5.78 Å². The number of fused-ring (bicyclic) bond motifs is 4. The number of ketones is 1. The number of hydrogen-bond acceptors (Lipinski definition) is 6. The minimum absolute atomic E-state index is 0.0163. The summed E-state index contributed by atoms with van der Waals surface area (Å²) in [5.41, 5.74) is -1.36. The number of aliphatic hydroxyl groups is 5. The van der Waals surface area contributed by atoms with Gasteiger partial charge in [-0.3, -0.25) is 4.79 Å². The normalized spacial score (nSPS) is 59.2. The minimum atomic E-state index is -1.04. The summed E-state index contributed by atoms with van der Waals surface area (Å²) in [5.74, 6) is 0.232. The molecule has 5 N–H and O–H groups in total. The van der Waals surface area contributed by atoms with Crippen LogP contribution in [0.1, 0.15) is 105 Å². The molecular formula is C34H52O6. The molecule has 0 aliphatic heterocycles. The molecule has 6 heteroatoms. The summed E-state index contributed by atoms with van der Waals surface area (Å²) in [6.45, 7) is 8.47. The van der Waals surface area contributed by atoms with Gasteiger partial charge in [0.1, 0.15) is 0 Å². The molecule has 0 aromatic carbocycles. The molecule has 0 saturated heterocycles. The van der Waals surface area contributed by atoms with Crippen LogP contribution in [-0.4, -0.2) is 62.8 Å². The molecule has 7 rings (SSSR count). The van der Waals surface area contributed by atoms with Crippen molar-refractivity contribution in [3.8, 4) is 0 Å². The van der Waals surface area contributed by atoms with Crippen LogP contribution < -0.4 is 0 Å². The van der Waals surface area contributed by atoms with Crippen LogP contribution in [0, 0.1) is 55.7 Å². The first kappa shape index (κ1) is 28.0. The van der Waals surface area contributed by atoms with Crippen molar-refractivity contribution in [1.82, 2.24) is 0 Å². The number of rotatable bonds is 3. The first-order chi connectivity index (χ1) is 18.7. The van der Waals surface area contributed by atoms with E-state index in [0.29, 0.717) is 25.2 Å². The highest BCUT2D eigenvalue weighted by atomic mass is 16.3. The smallest absolute Gasteiger partial charge is 0.159 e. The van der Waals surface area contributed by atoms with Crippen LogP contribution >= 0.6 is 0 Å². The zero-order valence-corrected chi connectivity index (χ0v) is 25.1. The second-order valence-corrected chi connectivity index (χ2v) is 16.9. The number of carbonyl (C=O) groups excluding carboxylic acids is 1. The predicted molar refractivity (Wildman–Crippen MR) is 151 cm³/mol. The van der Waals surface area contributed by atoms with Crippen LogP contribution in [0.4, 0.5) is 0 Å². The van der Waals surface area contributed by atoms with E-state index >= 15 is 0 Å². The lowest BCUT2D eigenvalue weighted by Gasteiger charge is -2.79. The summed E-state index contributed by atoms with van der Waals surface area (Å²) in [6, 6.07) is 0. The molecule has 0 aromatic heterocycles. The molecular weight excluding hydrogens is 504 g/mol. The Kier molecular flexibility index (Phi) is 5.76. The van der Waals surface area contributed by atoms with Gasteiger partial charge in [-0.1, -0.05) is 33.3 Å². The second-order valence-electron chi connectivity index (χ2n) is 16.9. The van der Waals surface area contributed by atoms with Gasteiger partial charge in [0.25, 0.3) is 0 Å². The van der Waals surface area contributed by atoms with E-state index in [4.69, 9.17) is 0 Å². The van der Waals surface area contributed by atoms with Crippen molar-refractivity contribution < 1.29 is 30.3 Å². The van der Waals surface area contributed by atoms with Gasteiger partial charge in [0, 0.05) is 27.6 Å². The molecule has 7 aliphatic rings. The zero-order chi connectivity index (χ0) is 28.7. The maximum Gasteiger partial charge on any atom is 0.159 e. The van der Waals surface area contributed by atoms with E-state index in [1.165, 1.54) is 12.0 Å². The lowest BCUT2D eigenvalue weighted by atomic mass is 9.25. The van der Waals surface area contributed by atoms with Gasteiger partial charge in [-0.25, -0.2) is 0 Å². The summed E-state index contributed by atoms with van der Waals surface area (Å²) < 4.78 is 0. The molecule has 1 spiro atoms. The SMILES string of the molecule is CC12CCC3CCC45CC(O)C(CO)(CC1)C3(C2)C4=CC(=O)C1C2(C)CCC(O)C(C)(C(O)CO)C2CCC15C. The van der Waals surface area contributed by atoms with Crippen LogP contribution in [0.5, 0.6) is 0 Å². The fourth-order valence-corrected chi connectivity index (χ4v) is 14.0. The molecule has 7 aliphatic carbocycles. The van der Waals surface area contributed by atoms with Crippen LogP contribution in [0.15, 0.2) is 11.6 Å². The van der Waals surface area contributed by atoms with Crippen LogP contribution in [-0.2, 0) is 4.79 Å². The number of allylic oxidation sites excluding steroid dienone is 2. The van der Waals surface area contributed by atoms with Crippen LogP contribution in [0.25, 0.3) is 0 Å². The number of aliphatic hydroxyl groups excluding tert-OH is 5. The first-order valence-electron chi connectivity index (χ1n) is 16.3. The van der Waals surface area contributed by atoms with Crippen molar-refractivity contribution in [3.63, 3.8) is 0 Å². The Bertz CT molecular complexity index is 1150. The van der Waals surface area contributed by atoms with E-state index in [2.05, 4.69) is 20.8 Å². The van der Waals surface area contributed by atoms with Crippen molar-refractivity contribution in [1.29, 1.82) is 0 Å². The van der Waals surface area contributed by atoms with E-state index in [1.807, 2.05) is 13.0 Å². The minimum Gasteiger partial charge on any atom is -0.396 e. The molecule has 0 amide bonds. The number of hydrogen-bond donors (Lipinski definition) is 5. The molecule has 6 nitrogen and oxygen atoms in total. The van der Waals surface area contributed by atoms with Gasteiger partial charge in [-0.05, 0) is 111 Å². The maximum atomic E-state index is 14.8. The maximum absolute atomic E-state index is 14.8. The highest BCUT2D eigenvalue weighted by Crippen LogP contribution is 2.83. The van der Waals surface area contributed by atoms with Crippen molar-refractivity contribution in [2.24, 2.45) is 55.7 Å². The lowest BCUT2D eigenvalue weighted by molar-refractivity contribution is -0.277. The van der Waals surface area contributed by atoms with Gasteiger partial charge in [0.05, 0.1) is 31.5 Å². The molecule has 6 saturated carbocycles. The third kappa shape index (κ3) is 2.79. The third-order valence-electron chi connectivity index (χ3n) is 16.0. The fourth-order valence-electron chi connectivity index (χ4n) is 14.0. The van der Waals surface area contributed by atoms with E-state index in [1.54, 1.807) is 0 Å². The molecule has 0 heterocycles. The quantitative estimate of drug-likeness (QED) is 0.356. The molecule has 40 heavy (non-hydrogen) atoms. The van der Waals surface area contributed by atoms with Crippen molar-refractivity contribution in [2.45, 2.75) is 123 Å². The summed E-state index contributed by atoms with van der Waals surface area (Å²) >= 11 is 0. The topological polar surface area (TPSA) is 118 Å². The lowest BCUT2D eigenvalue weighted by Crippen LogP contribution is -2.75. The summed E-state index contributed by atoms with van der Waals surface area (Å²) in [6.07, 6.45) is 10.3. The molecule has 224 valence electrons. The fraction of sp³-hybridized carbons (Fsp3) is 0.912. The Balaban J connectivity index is 1.43. The van der Waals surface area contributed by atoms with Gasteiger partial charge in [-0.2, -0.15) is 0 Å². The number of carbonyl (C=O) groups is 1. The van der Waals surface area contributed by atoms with Crippen molar-refractivity contribution in [2.75, 3.05) is 13.2 Å². The van der Waals surface area contributed by atoms with E-state index < -0.39 is 41.2 Å². The monoisotopic (exact) mass is 556 g/mol. The van der Waals surface area contributed by atoms with Gasteiger partial charge < -0.3 is 25.5 Å².